The number of carbonyl (C=O) groups is 2. The second-order valence-corrected chi connectivity index (χ2v) is 10.0. The predicted octanol–water partition coefficient (Wildman–Crippen LogP) is 6.40. The lowest BCUT2D eigenvalue weighted by Gasteiger charge is -2.23. The Morgan fingerprint density at radius 1 is 0.667 bits per heavy atom. The molecule has 0 unspecified atom stereocenters. The van der Waals surface area contributed by atoms with E-state index in [0.717, 1.165) is 22.7 Å². The van der Waals surface area contributed by atoms with Gasteiger partial charge >= 0.3 is 23.7 Å². The van der Waals surface area contributed by atoms with Gasteiger partial charge in [-0.15, -0.1) is 22.7 Å². The highest BCUT2D eigenvalue weighted by Crippen LogP contribution is 2.39. The van der Waals surface area contributed by atoms with E-state index in [-0.39, 0.29) is 10.3 Å². The molecule has 0 aliphatic heterocycles. The van der Waals surface area contributed by atoms with Crippen molar-refractivity contribution < 1.29 is 27.2 Å². The molecule has 2 aromatic carbocycles. The smallest absolute Gasteiger partial charge is 0.296 e. The number of anilines is 2. The number of amides is 2. The van der Waals surface area contributed by atoms with Crippen molar-refractivity contribution in [1.29, 1.82) is 0 Å². The fraction of sp³-hybridized carbons (Fsp3) is 0.167. The molecule has 0 aliphatic rings. The van der Waals surface area contributed by atoms with Gasteiger partial charge in [-0.25, -0.2) is 9.97 Å². The van der Waals surface area contributed by atoms with Crippen LogP contribution in [0.15, 0.2) is 60.7 Å². The highest BCUT2D eigenvalue weighted by molar-refractivity contribution is 7.16. The molecule has 0 bridgehead atoms. The van der Waals surface area contributed by atoms with Crippen LogP contribution in [0.1, 0.15) is 9.75 Å². The lowest BCUT2D eigenvalue weighted by atomic mass is 10.1. The summed E-state index contributed by atoms with van der Waals surface area (Å²) >= 11 is 1.69. The molecule has 36 heavy (non-hydrogen) atoms. The van der Waals surface area contributed by atoms with Crippen molar-refractivity contribution in [2.24, 2.45) is 0 Å². The summed E-state index contributed by atoms with van der Waals surface area (Å²) < 4.78 is 58.2. The molecule has 0 saturated heterocycles. The van der Waals surface area contributed by atoms with Crippen molar-refractivity contribution in [2.45, 2.75) is 25.7 Å². The molecule has 4 aromatic rings. The summed E-state index contributed by atoms with van der Waals surface area (Å²) in [6.07, 6.45) is 0. The van der Waals surface area contributed by atoms with Crippen LogP contribution in [0.5, 0.6) is 0 Å². The van der Waals surface area contributed by atoms with Crippen LogP contribution in [0.3, 0.4) is 0 Å². The highest BCUT2D eigenvalue weighted by atomic mass is 32.1. The molecular weight excluding hydrogens is 516 g/mol. The van der Waals surface area contributed by atoms with E-state index in [9.17, 15) is 27.2 Å². The number of benzene rings is 2. The minimum absolute atomic E-state index is 0.296. The van der Waals surface area contributed by atoms with Gasteiger partial charge in [-0.05, 0) is 13.8 Å². The first kappa shape index (κ1) is 25.5. The first-order chi connectivity index (χ1) is 17.0. The fourth-order valence-electron chi connectivity index (χ4n) is 3.26. The number of thiazole rings is 2. The van der Waals surface area contributed by atoms with Crippen LogP contribution in [0.2, 0.25) is 0 Å². The molecule has 0 atom stereocenters. The minimum Gasteiger partial charge on any atom is -0.296 e. The average molecular weight is 535 g/mol. The maximum atomic E-state index is 14.6. The van der Waals surface area contributed by atoms with Gasteiger partial charge in [0.25, 0.3) is 0 Å². The van der Waals surface area contributed by atoms with Crippen LogP contribution in [0, 0.1) is 13.8 Å². The highest BCUT2D eigenvalue weighted by Gasteiger charge is 2.67. The molecule has 12 heteroatoms. The number of hydrogen-bond donors (Lipinski definition) is 2. The molecule has 2 heterocycles. The van der Waals surface area contributed by atoms with Crippen molar-refractivity contribution >= 4 is 44.8 Å². The zero-order valence-electron chi connectivity index (χ0n) is 18.8. The molecular formula is C24H18F4N4O2S2. The minimum atomic E-state index is -5.36. The topological polar surface area (TPSA) is 84.0 Å². The molecule has 0 aliphatic carbocycles. The fourth-order valence-corrected chi connectivity index (χ4v) is 4.93. The number of aromatic nitrogens is 2. The van der Waals surface area contributed by atoms with Crippen LogP contribution in [-0.2, 0) is 9.59 Å². The molecule has 2 aromatic heterocycles. The largest absolute Gasteiger partial charge is 0.396 e. The predicted molar refractivity (Wildman–Crippen MR) is 132 cm³/mol. The maximum absolute atomic E-state index is 14.6. The molecule has 0 radical (unpaired) electrons. The summed E-state index contributed by atoms with van der Waals surface area (Å²) in [7, 11) is 0. The van der Waals surface area contributed by atoms with Crippen molar-refractivity contribution in [3.8, 4) is 22.5 Å². The Balaban J connectivity index is 1.50. The first-order valence-electron chi connectivity index (χ1n) is 10.4. The van der Waals surface area contributed by atoms with E-state index < -0.39 is 23.7 Å². The number of rotatable bonds is 7. The summed E-state index contributed by atoms with van der Waals surface area (Å²) in [5.41, 5.74) is 2.16. The third-order valence-electron chi connectivity index (χ3n) is 5.09. The van der Waals surface area contributed by atoms with E-state index in [0.29, 0.717) is 32.3 Å². The van der Waals surface area contributed by atoms with Crippen molar-refractivity contribution in [2.75, 3.05) is 10.6 Å². The second-order valence-electron chi connectivity index (χ2n) is 7.64. The summed E-state index contributed by atoms with van der Waals surface area (Å²) in [4.78, 5) is 33.6. The van der Waals surface area contributed by atoms with Gasteiger partial charge in [0.05, 0.1) is 11.4 Å². The Morgan fingerprint density at radius 3 is 1.33 bits per heavy atom. The standard InChI is InChI=1S/C24H18F4N4O2S2/c1-13-17(15-9-5-3-6-10-15)29-21(35-13)31-19(33)23(25,26)24(27,28)20(34)32-22-30-18(14(2)36-22)16-11-7-4-8-12-16/h3-12H,1-2H3,(H,29,31,33)(H,30,32,34). The van der Waals surface area contributed by atoms with E-state index in [1.807, 2.05) is 0 Å². The van der Waals surface area contributed by atoms with E-state index in [2.05, 4.69) is 9.97 Å². The number of aryl methyl sites for hydroxylation is 2. The second kappa shape index (κ2) is 9.78. The average Bonchev–Trinajstić information content (AvgIpc) is 3.41. The Hall–Kier alpha value is -3.64. The summed E-state index contributed by atoms with van der Waals surface area (Å²) in [6, 6.07) is 17.4. The number of alkyl halides is 4. The Bertz CT molecular complexity index is 1300. The number of carbonyl (C=O) groups excluding carboxylic acids is 2. The van der Waals surface area contributed by atoms with Crippen LogP contribution >= 0.6 is 22.7 Å². The third-order valence-corrected chi connectivity index (χ3v) is 6.87. The normalized spacial score (nSPS) is 11.8. The van der Waals surface area contributed by atoms with Gasteiger partial charge in [-0.3, -0.25) is 20.2 Å². The Kier molecular flexibility index (Phi) is 6.92. The van der Waals surface area contributed by atoms with Gasteiger partial charge in [0.1, 0.15) is 0 Å². The Morgan fingerprint density at radius 2 is 1.00 bits per heavy atom. The van der Waals surface area contributed by atoms with Gasteiger partial charge in [-0.2, -0.15) is 17.6 Å². The van der Waals surface area contributed by atoms with Gasteiger partial charge in [0.2, 0.25) is 0 Å². The molecule has 0 saturated carbocycles. The van der Waals surface area contributed by atoms with E-state index in [1.54, 1.807) is 85.1 Å². The SMILES string of the molecule is Cc1sc(NC(=O)C(F)(F)C(F)(F)C(=O)Nc2nc(-c3ccccc3)c(C)s2)nc1-c1ccccc1. The molecule has 6 nitrogen and oxygen atoms in total. The lowest BCUT2D eigenvalue weighted by Crippen LogP contribution is -2.56. The zero-order valence-corrected chi connectivity index (χ0v) is 20.4. The molecule has 186 valence electrons. The number of hydrogen-bond acceptors (Lipinski definition) is 6. The van der Waals surface area contributed by atoms with Gasteiger partial charge in [0.15, 0.2) is 10.3 Å². The quantitative estimate of drug-likeness (QED) is 0.269. The molecule has 4 rings (SSSR count). The van der Waals surface area contributed by atoms with Gasteiger partial charge in [0, 0.05) is 20.9 Å². The first-order valence-corrected chi connectivity index (χ1v) is 12.1. The van der Waals surface area contributed by atoms with E-state index in [1.165, 1.54) is 0 Å². The molecule has 2 N–H and O–H groups in total. The summed E-state index contributed by atoms with van der Waals surface area (Å²) in [6.45, 7) is 3.30. The molecule has 0 fully saturated rings. The van der Waals surface area contributed by atoms with Crippen LogP contribution in [-0.4, -0.2) is 33.6 Å². The maximum Gasteiger partial charge on any atom is 0.396 e. The summed E-state index contributed by atoms with van der Waals surface area (Å²) in [5, 5.41) is 2.84. The van der Waals surface area contributed by atoms with Crippen molar-refractivity contribution in [3.05, 3.63) is 70.4 Å². The van der Waals surface area contributed by atoms with Gasteiger partial charge in [-0.1, -0.05) is 60.7 Å². The monoisotopic (exact) mass is 534 g/mol. The number of nitrogens with one attached hydrogen (secondary N) is 2. The van der Waals surface area contributed by atoms with E-state index in [4.69, 9.17) is 0 Å². The van der Waals surface area contributed by atoms with Crippen LogP contribution in [0.4, 0.5) is 27.8 Å². The van der Waals surface area contributed by atoms with Crippen LogP contribution < -0.4 is 10.6 Å². The van der Waals surface area contributed by atoms with Crippen LogP contribution in [0.25, 0.3) is 22.5 Å². The Labute approximate surface area is 211 Å². The van der Waals surface area contributed by atoms with Crippen molar-refractivity contribution in [3.63, 3.8) is 0 Å². The molecule has 0 spiro atoms. The molecule has 2 amide bonds. The van der Waals surface area contributed by atoms with Gasteiger partial charge < -0.3 is 0 Å². The van der Waals surface area contributed by atoms with Crippen molar-refractivity contribution in [1.82, 2.24) is 9.97 Å². The number of nitrogens with zero attached hydrogens (tertiary/aromatic N) is 2. The van der Waals surface area contributed by atoms with E-state index >= 15 is 0 Å². The lowest BCUT2D eigenvalue weighted by molar-refractivity contribution is -0.204. The zero-order chi connectivity index (χ0) is 26.1. The number of halogens is 4. The third kappa shape index (κ3) is 4.86. The summed E-state index contributed by atoms with van der Waals surface area (Å²) in [5.74, 6) is -15.4.